The summed E-state index contributed by atoms with van der Waals surface area (Å²) in [5.74, 6) is 0. The summed E-state index contributed by atoms with van der Waals surface area (Å²) < 4.78 is 26.3. The molecule has 0 radical (unpaired) electrons. The lowest BCUT2D eigenvalue weighted by Crippen LogP contribution is -2.24. The Morgan fingerprint density at radius 2 is 2.12 bits per heavy atom. The number of nitrogens with two attached hydrogens (primary N) is 1. The summed E-state index contributed by atoms with van der Waals surface area (Å²) in [5.41, 5.74) is 6.11. The lowest BCUT2D eigenvalue weighted by Gasteiger charge is -2.08. The first-order chi connectivity index (χ1) is 8.01. The molecule has 0 fully saturated rings. The highest BCUT2D eigenvalue weighted by molar-refractivity contribution is 7.89. The van der Waals surface area contributed by atoms with E-state index in [-0.39, 0.29) is 11.4 Å². The van der Waals surface area contributed by atoms with Gasteiger partial charge in [0.05, 0.1) is 4.90 Å². The normalized spacial score (nSPS) is 11.7. The largest absolute Gasteiger partial charge is 0.326 e. The molecule has 0 bridgehead atoms. The van der Waals surface area contributed by atoms with Crippen molar-refractivity contribution in [3.05, 3.63) is 28.8 Å². The summed E-state index contributed by atoms with van der Waals surface area (Å²) in [6, 6.07) is 4.55. The number of benzene rings is 1. The van der Waals surface area contributed by atoms with Gasteiger partial charge in [0.1, 0.15) is 0 Å². The van der Waals surface area contributed by atoms with Gasteiger partial charge < -0.3 is 5.73 Å². The molecule has 0 saturated heterocycles. The molecule has 0 heterocycles. The lowest BCUT2D eigenvalue weighted by molar-refractivity contribution is 0.578. The first-order valence-corrected chi connectivity index (χ1v) is 7.35. The molecule has 0 aromatic heterocycles. The molecule has 96 valence electrons. The van der Waals surface area contributed by atoms with Crippen LogP contribution >= 0.6 is 11.6 Å². The molecule has 1 aromatic carbocycles. The lowest BCUT2D eigenvalue weighted by atomic mass is 10.2. The Bertz CT molecular complexity index is 474. The average molecular weight is 277 g/mol. The highest BCUT2D eigenvalue weighted by atomic mass is 35.5. The van der Waals surface area contributed by atoms with Crippen molar-refractivity contribution in [2.24, 2.45) is 5.73 Å². The minimum absolute atomic E-state index is 0.207. The van der Waals surface area contributed by atoms with Crippen LogP contribution in [0.25, 0.3) is 0 Å². The molecule has 3 N–H and O–H groups in total. The molecule has 0 unspecified atom stereocenters. The standard InChI is InChI=1S/C11H17ClN2O2S/c1-2-3-6-14-17(15,16)10-4-5-11(12)9(7-10)8-13/h4-5,7,14H,2-3,6,8,13H2,1H3. The second-order valence-corrected chi connectivity index (χ2v) is 5.88. The SMILES string of the molecule is CCCCNS(=O)(=O)c1ccc(Cl)c(CN)c1. The topological polar surface area (TPSA) is 72.2 Å². The van der Waals surface area contributed by atoms with Gasteiger partial charge >= 0.3 is 0 Å². The van der Waals surface area contributed by atoms with Gasteiger partial charge in [-0.2, -0.15) is 0 Å². The molecule has 0 aliphatic rings. The van der Waals surface area contributed by atoms with Crippen LogP contribution in [0.4, 0.5) is 0 Å². The molecule has 6 heteroatoms. The van der Waals surface area contributed by atoms with Gasteiger partial charge in [-0.3, -0.25) is 0 Å². The van der Waals surface area contributed by atoms with Crippen LogP contribution in [0.2, 0.25) is 5.02 Å². The van der Waals surface area contributed by atoms with E-state index in [1.807, 2.05) is 6.92 Å². The quantitative estimate of drug-likeness (QED) is 0.779. The molecule has 0 spiro atoms. The van der Waals surface area contributed by atoms with Crippen molar-refractivity contribution in [3.8, 4) is 0 Å². The van der Waals surface area contributed by atoms with E-state index in [4.69, 9.17) is 17.3 Å². The fourth-order valence-electron chi connectivity index (χ4n) is 1.34. The van der Waals surface area contributed by atoms with Crippen molar-refractivity contribution < 1.29 is 8.42 Å². The van der Waals surface area contributed by atoms with Crippen LogP contribution in [-0.2, 0) is 16.6 Å². The summed E-state index contributed by atoms with van der Waals surface area (Å²) in [6.07, 6.45) is 1.76. The van der Waals surface area contributed by atoms with E-state index in [9.17, 15) is 8.42 Å². The van der Waals surface area contributed by atoms with Crippen LogP contribution in [-0.4, -0.2) is 15.0 Å². The number of hydrogen-bond donors (Lipinski definition) is 2. The number of halogens is 1. The fraction of sp³-hybridized carbons (Fsp3) is 0.455. The van der Waals surface area contributed by atoms with Gasteiger partial charge in [0.2, 0.25) is 10.0 Å². The van der Waals surface area contributed by atoms with E-state index in [1.165, 1.54) is 12.1 Å². The Morgan fingerprint density at radius 3 is 2.71 bits per heavy atom. The zero-order valence-electron chi connectivity index (χ0n) is 9.74. The summed E-state index contributed by atoms with van der Waals surface area (Å²) in [7, 11) is -3.45. The van der Waals surface area contributed by atoms with E-state index >= 15 is 0 Å². The average Bonchev–Trinajstić information content (AvgIpc) is 2.29. The van der Waals surface area contributed by atoms with Crippen molar-refractivity contribution >= 4 is 21.6 Å². The maximum atomic E-state index is 11.9. The first-order valence-electron chi connectivity index (χ1n) is 5.49. The molecular formula is C11H17ClN2O2S. The van der Waals surface area contributed by atoms with Gasteiger partial charge in [-0.05, 0) is 30.2 Å². The summed E-state index contributed by atoms with van der Waals surface area (Å²) in [4.78, 5) is 0.207. The highest BCUT2D eigenvalue weighted by Gasteiger charge is 2.14. The van der Waals surface area contributed by atoms with Crippen molar-refractivity contribution in [1.29, 1.82) is 0 Å². The molecule has 0 saturated carbocycles. The number of nitrogens with one attached hydrogen (secondary N) is 1. The first kappa shape index (κ1) is 14.4. The minimum Gasteiger partial charge on any atom is -0.326 e. The van der Waals surface area contributed by atoms with E-state index < -0.39 is 10.0 Å². The van der Waals surface area contributed by atoms with Crippen LogP contribution < -0.4 is 10.5 Å². The van der Waals surface area contributed by atoms with Gasteiger partial charge in [-0.1, -0.05) is 24.9 Å². The summed E-state index contributed by atoms with van der Waals surface area (Å²) in [5, 5.41) is 0.486. The predicted octanol–water partition coefficient (Wildman–Crippen LogP) is 1.88. The van der Waals surface area contributed by atoms with Crippen LogP contribution in [0.5, 0.6) is 0 Å². The third kappa shape index (κ3) is 3.96. The van der Waals surface area contributed by atoms with Gasteiger partial charge in [0.25, 0.3) is 0 Å². The molecule has 17 heavy (non-hydrogen) atoms. The van der Waals surface area contributed by atoms with E-state index in [0.29, 0.717) is 17.1 Å². The van der Waals surface area contributed by atoms with Crippen molar-refractivity contribution in [2.75, 3.05) is 6.54 Å². The Morgan fingerprint density at radius 1 is 1.41 bits per heavy atom. The van der Waals surface area contributed by atoms with Gasteiger partial charge in [0.15, 0.2) is 0 Å². The monoisotopic (exact) mass is 276 g/mol. The van der Waals surface area contributed by atoms with Crippen LogP contribution in [0.1, 0.15) is 25.3 Å². The number of rotatable bonds is 6. The molecule has 0 amide bonds. The van der Waals surface area contributed by atoms with Gasteiger partial charge in [0, 0.05) is 18.1 Å². The fourth-order valence-corrected chi connectivity index (χ4v) is 2.66. The Balaban J connectivity index is 2.91. The Kier molecular flexibility index (Phi) is 5.39. The van der Waals surface area contributed by atoms with E-state index in [0.717, 1.165) is 12.8 Å². The third-order valence-electron chi connectivity index (χ3n) is 2.37. The minimum atomic E-state index is -3.45. The number of unbranched alkanes of at least 4 members (excludes halogenated alkanes) is 1. The second kappa shape index (κ2) is 6.35. The number of sulfonamides is 1. The second-order valence-electron chi connectivity index (χ2n) is 3.71. The summed E-state index contributed by atoms with van der Waals surface area (Å²) >= 11 is 5.88. The smallest absolute Gasteiger partial charge is 0.240 e. The molecular weight excluding hydrogens is 260 g/mol. The zero-order chi connectivity index (χ0) is 12.9. The Labute approximate surface area is 107 Å². The molecule has 4 nitrogen and oxygen atoms in total. The van der Waals surface area contributed by atoms with E-state index in [2.05, 4.69) is 4.72 Å². The predicted molar refractivity (Wildman–Crippen MR) is 69.4 cm³/mol. The number of hydrogen-bond acceptors (Lipinski definition) is 3. The molecule has 0 aliphatic heterocycles. The van der Waals surface area contributed by atoms with Crippen molar-refractivity contribution in [1.82, 2.24) is 4.72 Å². The third-order valence-corrected chi connectivity index (χ3v) is 4.20. The van der Waals surface area contributed by atoms with Gasteiger partial charge in [-0.25, -0.2) is 13.1 Å². The zero-order valence-corrected chi connectivity index (χ0v) is 11.3. The van der Waals surface area contributed by atoms with Gasteiger partial charge in [-0.15, -0.1) is 0 Å². The maximum Gasteiger partial charge on any atom is 0.240 e. The van der Waals surface area contributed by atoms with Crippen molar-refractivity contribution in [2.45, 2.75) is 31.2 Å². The molecule has 0 aliphatic carbocycles. The van der Waals surface area contributed by atoms with Crippen LogP contribution in [0.15, 0.2) is 23.1 Å². The maximum absolute atomic E-state index is 11.9. The highest BCUT2D eigenvalue weighted by Crippen LogP contribution is 2.19. The molecule has 0 atom stereocenters. The summed E-state index contributed by atoms with van der Waals surface area (Å²) in [6.45, 7) is 2.67. The molecule has 1 rings (SSSR count). The van der Waals surface area contributed by atoms with Crippen molar-refractivity contribution in [3.63, 3.8) is 0 Å². The molecule has 1 aromatic rings. The van der Waals surface area contributed by atoms with Crippen LogP contribution in [0.3, 0.4) is 0 Å². The van der Waals surface area contributed by atoms with Crippen LogP contribution in [0, 0.1) is 0 Å². The Hall–Kier alpha value is -0.620. The van der Waals surface area contributed by atoms with E-state index in [1.54, 1.807) is 6.07 Å².